The molecule has 33 heavy (non-hydrogen) atoms. The van der Waals surface area contributed by atoms with Gasteiger partial charge in [-0.05, 0) is 37.0 Å². The topological polar surface area (TPSA) is 137 Å². The number of anilines is 2. The minimum Gasteiger partial charge on any atom is -0.505 e. The first-order chi connectivity index (χ1) is 15.1. The van der Waals surface area contributed by atoms with Crippen LogP contribution in [0.2, 0.25) is 0 Å². The van der Waals surface area contributed by atoms with Gasteiger partial charge in [-0.1, -0.05) is 27.4 Å². The van der Waals surface area contributed by atoms with Crippen LogP contribution >= 0.6 is 7.52 Å². The van der Waals surface area contributed by atoms with Gasteiger partial charge in [-0.25, -0.2) is 8.42 Å². The summed E-state index contributed by atoms with van der Waals surface area (Å²) >= 11 is 0. The average Bonchev–Trinajstić information content (AvgIpc) is 2.87. The Hall–Kier alpha value is -2.62. The number of hydrogen-bond acceptors (Lipinski definition) is 7. The summed E-state index contributed by atoms with van der Waals surface area (Å²) in [6.07, 6.45) is 1.68. The maximum atomic E-state index is 13.7. The first-order valence-corrected chi connectivity index (χ1v) is 13.8. The van der Waals surface area contributed by atoms with Crippen molar-refractivity contribution in [3.05, 3.63) is 41.8 Å². The van der Waals surface area contributed by atoms with Gasteiger partial charge in [0.05, 0.1) is 29.6 Å². The molecular weight excluding hydrogens is 467 g/mol. The Morgan fingerprint density at radius 3 is 2.58 bits per heavy atom. The van der Waals surface area contributed by atoms with Crippen LogP contribution in [0.3, 0.4) is 0 Å². The van der Waals surface area contributed by atoms with E-state index in [4.69, 9.17) is 4.52 Å². The number of carbonyl (C=O) groups is 1. The van der Waals surface area contributed by atoms with Gasteiger partial charge in [0.25, 0.3) is 5.91 Å². The molecule has 3 N–H and O–H groups in total. The summed E-state index contributed by atoms with van der Waals surface area (Å²) in [4.78, 5) is 14.5. The second-order valence-electron chi connectivity index (χ2n) is 9.06. The maximum Gasteiger partial charge on any atom is 0.348 e. The van der Waals surface area contributed by atoms with E-state index in [0.29, 0.717) is 18.7 Å². The quantitative estimate of drug-likeness (QED) is 0.492. The van der Waals surface area contributed by atoms with E-state index in [2.05, 4.69) is 21.4 Å². The molecule has 0 saturated heterocycles. The molecule has 1 aromatic rings. The van der Waals surface area contributed by atoms with E-state index in [9.17, 15) is 22.9 Å². The number of aliphatic hydroxyl groups excluding tert-OH is 1. The fraction of sp³-hybridized carbons (Fsp3) is 0.429. The second-order valence-corrected chi connectivity index (χ2v) is 12.8. The van der Waals surface area contributed by atoms with Crippen molar-refractivity contribution in [1.82, 2.24) is 4.90 Å². The Kier molecular flexibility index (Phi) is 6.54. The highest BCUT2D eigenvalue weighted by atomic mass is 32.2. The minimum atomic E-state index is -3.89. The Balaban J connectivity index is 2.02. The SMILES string of the molecule is C=C1C(O)=C(C2=NP(=O)(OCC)c3cc(NS(C)(=O)=O)ccc3N2)C(=O)N1CCC(C)(C)C. The average molecular weight is 497 g/mol. The number of aliphatic hydroxyl groups is 1. The van der Waals surface area contributed by atoms with Crippen LogP contribution in [0, 0.1) is 5.41 Å². The maximum absolute atomic E-state index is 13.7. The standard InChI is InChI=1S/C21H29N4O6PS/c1-7-31-32(28)16-12-14(24-33(6,29)30)8-9-15(16)22-19(23-32)17-18(26)13(2)25(20(17)27)11-10-21(3,4)5/h8-9,12,24,26H,2,7,10-11H2,1,3-6H3,(H,22,23,28). The van der Waals surface area contributed by atoms with Crippen LogP contribution in [-0.4, -0.2) is 49.6 Å². The number of fused-ring (bicyclic) bond motifs is 1. The van der Waals surface area contributed by atoms with E-state index in [0.717, 1.165) is 6.26 Å². The summed E-state index contributed by atoms with van der Waals surface area (Å²) in [7, 11) is -7.45. The highest BCUT2D eigenvalue weighted by Crippen LogP contribution is 2.52. The van der Waals surface area contributed by atoms with Gasteiger partial charge in [-0.15, -0.1) is 0 Å². The Morgan fingerprint density at radius 2 is 2.00 bits per heavy atom. The summed E-state index contributed by atoms with van der Waals surface area (Å²) in [5.74, 6) is -0.943. The molecule has 0 aromatic heterocycles. The molecule has 0 aliphatic carbocycles. The van der Waals surface area contributed by atoms with Crippen LogP contribution in [-0.2, 0) is 23.9 Å². The Morgan fingerprint density at radius 1 is 1.33 bits per heavy atom. The highest BCUT2D eigenvalue weighted by molar-refractivity contribution is 7.92. The monoisotopic (exact) mass is 496 g/mol. The fourth-order valence-electron chi connectivity index (χ4n) is 3.40. The molecule has 0 fully saturated rings. The summed E-state index contributed by atoms with van der Waals surface area (Å²) in [6, 6.07) is 4.36. The lowest BCUT2D eigenvalue weighted by Crippen LogP contribution is -2.34. The molecular formula is C21H29N4O6PS. The summed E-state index contributed by atoms with van der Waals surface area (Å²) in [5.41, 5.74) is 0.479. The van der Waals surface area contributed by atoms with Crippen LogP contribution in [0.25, 0.3) is 0 Å². The molecule has 3 rings (SSSR count). The van der Waals surface area contributed by atoms with E-state index >= 15 is 0 Å². The van der Waals surface area contributed by atoms with Crippen molar-refractivity contribution in [2.24, 2.45) is 10.2 Å². The second kappa shape index (κ2) is 8.62. The molecule has 1 aromatic carbocycles. The number of nitrogens with zero attached hydrogens (tertiary/aromatic N) is 2. The van der Waals surface area contributed by atoms with Crippen LogP contribution in [0.5, 0.6) is 0 Å². The summed E-state index contributed by atoms with van der Waals surface area (Å²) in [6.45, 7) is 12.0. The number of hydrogen-bond donors (Lipinski definition) is 3. The smallest absolute Gasteiger partial charge is 0.348 e. The lowest BCUT2D eigenvalue weighted by molar-refractivity contribution is -0.123. The van der Waals surface area contributed by atoms with Gasteiger partial charge in [0, 0.05) is 12.2 Å². The third-order valence-electron chi connectivity index (χ3n) is 5.01. The van der Waals surface area contributed by atoms with Gasteiger partial charge < -0.3 is 19.8 Å². The van der Waals surface area contributed by atoms with E-state index in [1.54, 1.807) is 6.92 Å². The number of amidine groups is 1. The zero-order chi connectivity index (χ0) is 24.8. The van der Waals surface area contributed by atoms with E-state index in [-0.39, 0.29) is 45.9 Å². The first-order valence-electron chi connectivity index (χ1n) is 10.3. The van der Waals surface area contributed by atoms with Crippen molar-refractivity contribution in [1.29, 1.82) is 0 Å². The molecule has 180 valence electrons. The highest BCUT2D eigenvalue weighted by Gasteiger charge is 2.42. The number of rotatable bonds is 7. The molecule has 2 aliphatic rings. The van der Waals surface area contributed by atoms with Crippen molar-refractivity contribution < 1.29 is 27.4 Å². The summed E-state index contributed by atoms with van der Waals surface area (Å²) < 4.78 is 48.9. The van der Waals surface area contributed by atoms with Crippen LogP contribution in [0.1, 0.15) is 34.1 Å². The third-order valence-corrected chi connectivity index (χ3v) is 7.67. The van der Waals surface area contributed by atoms with Crippen LogP contribution in [0.15, 0.2) is 46.6 Å². The van der Waals surface area contributed by atoms with Gasteiger partial charge >= 0.3 is 7.52 Å². The van der Waals surface area contributed by atoms with E-state index in [1.807, 2.05) is 20.8 Å². The molecule has 2 aliphatic heterocycles. The molecule has 0 bridgehead atoms. The molecule has 12 heteroatoms. The first kappa shape index (κ1) is 25.0. The molecule has 10 nitrogen and oxygen atoms in total. The molecule has 0 radical (unpaired) electrons. The normalized spacial score (nSPS) is 21.1. The lowest BCUT2D eigenvalue weighted by Gasteiger charge is -2.26. The third kappa shape index (κ3) is 5.31. The molecule has 1 amide bonds. The van der Waals surface area contributed by atoms with Gasteiger partial charge in [-0.3, -0.25) is 14.1 Å². The minimum absolute atomic E-state index is 0.0408. The van der Waals surface area contributed by atoms with Gasteiger partial charge in [0.2, 0.25) is 10.0 Å². The number of benzene rings is 1. The van der Waals surface area contributed by atoms with Gasteiger partial charge in [0.1, 0.15) is 5.57 Å². The van der Waals surface area contributed by atoms with Crippen molar-refractivity contribution in [3.63, 3.8) is 0 Å². The van der Waals surface area contributed by atoms with Crippen molar-refractivity contribution in [2.45, 2.75) is 34.1 Å². The van der Waals surface area contributed by atoms with Crippen molar-refractivity contribution in [3.8, 4) is 0 Å². The van der Waals surface area contributed by atoms with Crippen molar-refractivity contribution >= 4 is 46.0 Å². The Labute approximate surface area is 194 Å². The molecule has 0 saturated carbocycles. The molecule has 2 heterocycles. The van der Waals surface area contributed by atoms with E-state index in [1.165, 1.54) is 23.1 Å². The van der Waals surface area contributed by atoms with Crippen molar-refractivity contribution in [2.75, 3.05) is 29.4 Å². The zero-order valence-corrected chi connectivity index (χ0v) is 21.0. The number of carbonyl (C=O) groups excluding carboxylic acids is 1. The van der Waals surface area contributed by atoms with Gasteiger partial charge in [0.15, 0.2) is 11.6 Å². The zero-order valence-electron chi connectivity index (χ0n) is 19.3. The van der Waals surface area contributed by atoms with E-state index < -0.39 is 23.5 Å². The predicted octanol–water partition coefficient (Wildman–Crippen LogP) is 3.34. The molecule has 1 atom stereocenters. The number of sulfonamides is 1. The lowest BCUT2D eigenvalue weighted by atomic mass is 9.92. The number of amides is 1. The fourth-order valence-corrected chi connectivity index (χ4v) is 5.76. The molecule has 1 unspecified atom stereocenters. The number of nitrogens with one attached hydrogen (secondary N) is 2. The predicted molar refractivity (Wildman–Crippen MR) is 129 cm³/mol. The van der Waals surface area contributed by atoms with Gasteiger partial charge in [-0.2, -0.15) is 4.76 Å². The Bertz CT molecular complexity index is 1230. The van der Waals surface area contributed by atoms with Crippen LogP contribution < -0.4 is 15.3 Å². The summed E-state index contributed by atoms with van der Waals surface area (Å²) in [5, 5.41) is 13.8. The molecule has 0 spiro atoms. The van der Waals surface area contributed by atoms with Crippen LogP contribution in [0.4, 0.5) is 11.4 Å². The largest absolute Gasteiger partial charge is 0.505 e.